The molecule has 1 atom stereocenters. The normalized spacial score (nSPS) is 14.8. The summed E-state index contributed by atoms with van der Waals surface area (Å²) >= 11 is 1.68. The van der Waals surface area contributed by atoms with Crippen molar-refractivity contribution in [3.8, 4) is 0 Å². The topological polar surface area (TPSA) is 49.3 Å². The van der Waals surface area contributed by atoms with Crippen LogP contribution in [0.3, 0.4) is 0 Å². The Labute approximate surface area is 163 Å². The highest BCUT2D eigenvalue weighted by atomic mass is 32.2. The van der Waals surface area contributed by atoms with Gasteiger partial charge in [0, 0.05) is 29.0 Å². The van der Waals surface area contributed by atoms with Gasteiger partial charge in [-0.2, -0.15) is 0 Å². The number of carbonyl (C=O) groups is 1. The first-order chi connectivity index (χ1) is 13.2. The van der Waals surface area contributed by atoms with E-state index in [9.17, 15) is 4.79 Å². The zero-order valence-electron chi connectivity index (χ0n) is 15.2. The summed E-state index contributed by atoms with van der Waals surface area (Å²) in [6, 6.07) is 15.7. The van der Waals surface area contributed by atoms with Crippen LogP contribution < -0.4 is 4.90 Å². The molecule has 2 aromatic heterocycles. The Hall–Kier alpha value is -2.86. The molecular weight excluding hydrogens is 356 g/mol. The minimum atomic E-state index is -0.0903. The van der Waals surface area contributed by atoms with Gasteiger partial charge >= 0.3 is 6.03 Å². The average Bonchev–Trinajstić information content (AvgIpc) is 2.73. The second-order valence-corrected chi connectivity index (χ2v) is 7.27. The lowest BCUT2D eigenvalue weighted by molar-refractivity contribution is 0.180. The standard InChI is InChI=1S/C21H20N4OS/c1-15(16-5-3-11-22-13-16)24-14-17-6-4-12-23-20(17)25(21(24)26)18-7-9-19(27-2)10-8-18/h3-13,15H,14H2,1-2H3. The molecule has 136 valence electrons. The fourth-order valence-corrected chi connectivity index (χ4v) is 3.70. The minimum Gasteiger partial charge on any atom is -0.313 e. The number of anilines is 2. The van der Waals surface area contributed by atoms with Crippen molar-refractivity contribution in [3.63, 3.8) is 0 Å². The van der Waals surface area contributed by atoms with Crippen molar-refractivity contribution < 1.29 is 4.79 Å². The quantitative estimate of drug-likeness (QED) is 0.599. The molecule has 27 heavy (non-hydrogen) atoms. The molecule has 1 unspecified atom stereocenters. The Morgan fingerprint density at radius 1 is 1.07 bits per heavy atom. The molecule has 5 nitrogen and oxygen atoms in total. The number of carbonyl (C=O) groups excluding carboxylic acids is 1. The first-order valence-electron chi connectivity index (χ1n) is 8.77. The molecule has 0 aliphatic carbocycles. The van der Waals surface area contributed by atoms with Crippen LogP contribution in [0, 0.1) is 0 Å². The van der Waals surface area contributed by atoms with E-state index in [4.69, 9.17) is 0 Å². The third-order valence-corrected chi connectivity index (χ3v) is 5.57. The maximum Gasteiger partial charge on any atom is 0.331 e. The van der Waals surface area contributed by atoms with Gasteiger partial charge in [-0.15, -0.1) is 11.8 Å². The third kappa shape index (κ3) is 3.28. The number of fused-ring (bicyclic) bond motifs is 1. The van der Waals surface area contributed by atoms with Crippen molar-refractivity contribution in [2.75, 3.05) is 11.2 Å². The van der Waals surface area contributed by atoms with E-state index in [1.165, 1.54) is 0 Å². The van der Waals surface area contributed by atoms with E-state index >= 15 is 0 Å². The SMILES string of the molecule is CSc1ccc(N2C(=O)N(C(C)c3cccnc3)Cc3cccnc32)cc1. The van der Waals surface area contributed by atoms with Gasteiger partial charge in [-0.3, -0.25) is 4.98 Å². The van der Waals surface area contributed by atoms with E-state index in [0.29, 0.717) is 12.4 Å². The summed E-state index contributed by atoms with van der Waals surface area (Å²) in [7, 11) is 0. The monoisotopic (exact) mass is 376 g/mol. The second-order valence-electron chi connectivity index (χ2n) is 6.39. The Morgan fingerprint density at radius 2 is 1.85 bits per heavy atom. The molecule has 0 bridgehead atoms. The molecule has 1 aliphatic heterocycles. The fraction of sp³-hybridized carbons (Fsp3) is 0.190. The summed E-state index contributed by atoms with van der Waals surface area (Å²) in [5.74, 6) is 0.703. The number of nitrogens with zero attached hydrogens (tertiary/aromatic N) is 4. The van der Waals surface area contributed by atoms with Gasteiger partial charge in [-0.25, -0.2) is 14.7 Å². The van der Waals surface area contributed by atoms with E-state index < -0.39 is 0 Å². The van der Waals surface area contributed by atoms with Crippen LogP contribution in [0.5, 0.6) is 0 Å². The molecule has 0 spiro atoms. The highest BCUT2D eigenvalue weighted by Gasteiger charge is 2.35. The van der Waals surface area contributed by atoms with Gasteiger partial charge in [0.15, 0.2) is 0 Å². The van der Waals surface area contributed by atoms with Gasteiger partial charge < -0.3 is 4.90 Å². The first-order valence-corrected chi connectivity index (χ1v) is 10.00. The number of pyridine rings is 2. The number of hydrogen-bond donors (Lipinski definition) is 0. The molecule has 1 aromatic carbocycles. The Balaban J connectivity index is 1.76. The van der Waals surface area contributed by atoms with Crippen molar-refractivity contribution in [1.29, 1.82) is 0 Å². The highest BCUT2D eigenvalue weighted by molar-refractivity contribution is 7.98. The molecule has 3 aromatic rings. The van der Waals surface area contributed by atoms with Crippen molar-refractivity contribution in [1.82, 2.24) is 14.9 Å². The lowest BCUT2D eigenvalue weighted by atomic mass is 10.1. The van der Waals surface area contributed by atoms with Gasteiger partial charge in [-0.1, -0.05) is 12.1 Å². The van der Waals surface area contributed by atoms with E-state index in [1.807, 2.05) is 72.8 Å². The smallest absolute Gasteiger partial charge is 0.313 e. The first kappa shape index (κ1) is 17.5. The molecule has 0 radical (unpaired) electrons. The maximum absolute atomic E-state index is 13.4. The van der Waals surface area contributed by atoms with Gasteiger partial charge in [-0.05, 0) is 55.1 Å². The molecule has 3 heterocycles. The number of thioether (sulfide) groups is 1. The van der Waals surface area contributed by atoms with Crippen LogP contribution in [0.4, 0.5) is 16.3 Å². The lowest BCUT2D eigenvalue weighted by Crippen LogP contribution is -2.46. The van der Waals surface area contributed by atoms with Crippen molar-refractivity contribution in [2.45, 2.75) is 24.4 Å². The zero-order valence-corrected chi connectivity index (χ0v) is 16.1. The van der Waals surface area contributed by atoms with Crippen LogP contribution in [0.2, 0.25) is 0 Å². The summed E-state index contributed by atoms with van der Waals surface area (Å²) in [5.41, 5.74) is 2.86. The number of rotatable bonds is 4. The molecule has 2 amide bonds. The molecule has 4 rings (SSSR count). The zero-order chi connectivity index (χ0) is 18.8. The van der Waals surface area contributed by atoms with E-state index in [2.05, 4.69) is 9.97 Å². The number of aromatic nitrogens is 2. The molecule has 1 aliphatic rings. The number of benzene rings is 1. The van der Waals surface area contributed by atoms with Crippen LogP contribution in [0.15, 0.2) is 72.0 Å². The van der Waals surface area contributed by atoms with Gasteiger partial charge in [0.05, 0.1) is 18.3 Å². The van der Waals surface area contributed by atoms with Crippen LogP contribution in [-0.2, 0) is 6.54 Å². The van der Waals surface area contributed by atoms with Crippen molar-refractivity contribution in [3.05, 3.63) is 78.2 Å². The second kappa shape index (κ2) is 7.40. The Kier molecular flexibility index (Phi) is 4.81. The largest absolute Gasteiger partial charge is 0.331 e. The van der Waals surface area contributed by atoms with E-state index in [0.717, 1.165) is 21.7 Å². The van der Waals surface area contributed by atoms with Gasteiger partial charge in [0.2, 0.25) is 0 Å². The molecule has 0 N–H and O–H groups in total. The average molecular weight is 376 g/mol. The predicted octanol–water partition coefficient (Wildman–Crippen LogP) is 5.03. The van der Waals surface area contributed by atoms with Crippen molar-refractivity contribution >= 4 is 29.3 Å². The Bertz CT molecular complexity index is 946. The third-order valence-electron chi connectivity index (χ3n) is 4.82. The molecule has 0 fully saturated rings. The molecule has 0 saturated carbocycles. The van der Waals surface area contributed by atoms with Gasteiger partial charge in [0.1, 0.15) is 5.82 Å². The summed E-state index contributed by atoms with van der Waals surface area (Å²) in [6.07, 6.45) is 7.33. The summed E-state index contributed by atoms with van der Waals surface area (Å²) in [6.45, 7) is 2.56. The summed E-state index contributed by atoms with van der Waals surface area (Å²) in [4.78, 5) is 26.9. The van der Waals surface area contributed by atoms with E-state index in [1.54, 1.807) is 29.1 Å². The maximum atomic E-state index is 13.4. The minimum absolute atomic E-state index is 0.0746. The summed E-state index contributed by atoms with van der Waals surface area (Å²) in [5, 5.41) is 0. The predicted molar refractivity (Wildman–Crippen MR) is 108 cm³/mol. The molecular formula is C21H20N4OS. The lowest BCUT2D eigenvalue weighted by Gasteiger charge is -2.39. The number of urea groups is 1. The van der Waals surface area contributed by atoms with Crippen LogP contribution in [0.25, 0.3) is 0 Å². The van der Waals surface area contributed by atoms with E-state index in [-0.39, 0.29) is 12.1 Å². The number of hydrogen-bond acceptors (Lipinski definition) is 4. The Morgan fingerprint density at radius 3 is 2.56 bits per heavy atom. The van der Waals surface area contributed by atoms with Crippen LogP contribution in [-0.4, -0.2) is 27.2 Å². The fourth-order valence-electron chi connectivity index (χ4n) is 3.29. The van der Waals surface area contributed by atoms with Gasteiger partial charge in [0.25, 0.3) is 0 Å². The highest BCUT2D eigenvalue weighted by Crippen LogP contribution is 2.37. The number of amides is 2. The summed E-state index contributed by atoms with van der Waals surface area (Å²) < 4.78 is 0. The molecule has 0 saturated heterocycles. The van der Waals surface area contributed by atoms with Crippen LogP contribution in [0.1, 0.15) is 24.1 Å². The van der Waals surface area contributed by atoms with Crippen molar-refractivity contribution in [2.24, 2.45) is 0 Å². The van der Waals surface area contributed by atoms with Crippen LogP contribution >= 0.6 is 11.8 Å². The molecule has 6 heteroatoms.